The van der Waals surface area contributed by atoms with Crippen LogP contribution in [0.2, 0.25) is 5.02 Å². The molecule has 0 spiro atoms. The summed E-state index contributed by atoms with van der Waals surface area (Å²) < 4.78 is 13.9. The number of hydrogen-bond acceptors (Lipinski definition) is 3. The fourth-order valence-corrected chi connectivity index (χ4v) is 4.40. The van der Waals surface area contributed by atoms with Gasteiger partial charge in [-0.3, -0.25) is 4.98 Å². The van der Waals surface area contributed by atoms with Crippen LogP contribution in [0.15, 0.2) is 60.6 Å². The lowest BCUT2D eigenvalue weighted by atomic mass is 10.1. The number of hydrogen-bond donors (Lipinski definition) is 0. The van der Waals surface area contributed by atoms with Crippen LogP contribution in [0.1, 0.15) is 30.1 Å². The first-order valence-electron chi connectivity index (χ1n) is 9.18. The Bertz CT molecular complexity index is 1080. The Balaban J connectivity index is 1.65. The minimum absolute atomic E-state index is 0.0227. The fraction of sp³-hybridized carbons (Fsp3) is 0.227. The molecule has 1 atom stereocenters. The zero-order valence-corrected chi connectivity index (χ0v) is 15.7. The lowest BCUT2D eigenvalue weighted by Crippen LogP contribution is -2.30. The highest BCUT2D eigenvalue weighted by Gasteiger charge is 2.37. The minimum Gasteiger partial charge on any atom is -0.349 e. The van der Waals surface area contributed by atoms with Gasteiger partial charge in [0.2, 0.25) is 0 Å². The molecule has 27 heavy (non-hydrogen) atoms. The number of anilines is 1. The number of rotatable bonds is 2. The summed E-state index contributed by atoms with van der Waals surface area (Å²) in [7, 11) is 0. The third-order valence-corrected chi connectivity index (χ3v) is 5.78. The molecule has 0 saturated carbocycles. The molecule has 136 valence electrons. The number of nitrogens with zero attached hydrogens (tertiary/aromatic N) is 3. The van der Waals surface area contributed by atoms with Gasteiger partial charge in [-0.05, 0) is 61.2 Å². The highest BCUT2D eigenvalue weighted by molar-refractivity contribution is 6.33. The standard InChI is InChI=1S/C22H19ClFN3/c1-14-10-21(18(23)12-19(14)24)27-13-17-5-3-9-26(17)22(27)16-6-7-20-15(11-16)4-2-8-25-20/h2,4,6-8,10-13,22H,3,5,9H2,1H3. The molecule has 1 aromatic heterocycles. The van der Waals surface area contributed by atoms with Crippen LogP contribution in [0.5, 0.6) is 0 Å². The average Bonchev–Trinajstić information content (AvgIpc) is 3.25. The van der Waals surface area contributed by atoms with E-state index in [0.717, 1.165) is 36.0 Å². The second kappa shape index (κ2) is 6.24. The molecular weight excluding hydrogens is 361 g/mol. The Morgan fingerprint density at radius 3 is 2.96 bits per heavy atom. The molecule has 2 aromatic carbocycles. The van der Waals surface area contributed by atoms with E-state index in [1.807, 2.05) is 18.3 Å². The van der Waals surface area contributed by atoms with Crippen LogP contribution in [-0.4, -0.2) is 16.4 Å². The van der Waals surface area contributed by atoms with Crippen molar-refractivity contribution in [3.63, 3.8) is 0 Å². The van der Waals surface area contributed by atoms with E-state index in [-0.39, 0.29) is 12.0 Å². The molecule has 0 bridgehead atoms. The van der Waals surface area contributed by atoms with Crippen molar-refractivity contribution in [2.75, 3.05) is 11.4 Å². The first-order chi connectivity index (χ1) is 13.1. The smallest absolute Gasteiger partial charge is 0.132 e. The van der Waals surface area contributed by atoms with Crippen molar-refractivity contribution in [1.82, 2.24) is 9.88 Å². The summed E-state index contributed by atoms with van der Waals surface area (Å²) in [5, 5.41) is 1.55. The monoisotopic (exact) mass is 379 g/mol. The number of benzene rings is 2. The molecule has 0 amide bonds. The Labute approximate surface area is 162 Å². The normalized spacial score (nSPS) is 18.9. The minimum atomic E-state index is -0.274. The third-order valence-electron chi connectivity index (χ3n) is 5.48. The van der Waals surface area contributed by atoms with Crippen molar-refractivity contribution in [2.45, 2.75) is 25.9 Å². The van der Waals surface area contributed by atoms with Gasteiger partial charge in [0.25, 0.3) is 0 Å². The van der Waals surface area contributed by atoms with Crippen LogP contribution in [-0.2, 0) is 0 Å². The van der Waals surface area contributed by atoms with E-state index >= 15 is 0 Å². The maximum Gasteiger partial charge on any atom is 0.132 e. The molecule has 0 radical (unpaired) electrons. The van der Waals surface area contributed by atoms with Crippen LogP contribution in [0.25, 0.3) is 10.9 Å². The van der Waals surface area contributed by atoms with Crippen molar-refractivity contribution >= 4 is 28.2 Å². The van der Waals surface area contributed by atoms with Crippen LogP contribution < -0.4 is 4.90 Å². The number of allylic oxidation sites excluding steroid dienone is 1. The van der Waals surface area contributed by atoms with Crippen molar-refractivity contribution in [3.05, 3.63) is 82.5 Å². The predicted molar refractivity (Wildman–Crippen MR) is 107 cm³/mol. The molecule has 5 rings (SSSR count). The quantitative estimate of drug-likeness (QED) is 0.561. The van der Waals surface area contributed by atoms with Gasteiger partial charge >= 0.3 is 0 Å². The predicted octanol–water partition coefficient (Wildman–Crippen LogP) is 5.79. The Morgan fingerprint density at radius 1 is 1.19 bits per heavy atom. The van der Waals surface area contributed by atoms with E-state index in [1.54, 1.807) is 6.92 Å². The van der Waals surface area contributed by atoms with Gasteiger partial charge in [0.15, 0.2) is 0 Å². The molecule has 2 aliphatic rings. The van der Waals surface area contributed by atoms with Crippen molar-refractivity contribution < 1.29 is 4.39 Å². The molecule has 3 aromatic rings. The lowest BCUT2D eigenvalue weighted by molar-refractivity contribution is 0.319. The van der Waals surface area contributed by atoms with Gasteiger partial charge in [0.05, 0.1) is 16.2 Å². The van der Waals surface area contributed by atoms with E-state index in [2.05, 4.69) is 45.2 Å². The first kappa shape index (κ1) is 16.6. The van der Waals surface area contributed by atoms with Gasteiger partial charge in [0, 0.05) is 30.0 Å². The summed E-state index contributed by atoms with van der Waals surface area (Å²) in [6, 6.07) is 13.7. The van der Waals surface area contributed by atoms with E-state index in [0.29, 0.717) is 10.6 Å². The fourth-order valence-electron chi connectivity index (χ4n) is 4.15. The first-order valence-corrected chi connectivity index (χ1v) is 9.55. The summed E-state index contributed by atoms with van der Waals surface area (Å²) in [6.07, 6.45) is 6.21. The molecular formula is C22H19ClFN3. The molecule has 1 fully saturated rings. The molecule has 0 aliphatic carbocycles. The SMILES string of the molecule is Cc1cc(N2C=C3CCCN3C2c2ccc3ncccc3c2)c(Cl)cc1F. The van der Waals surface area contributed by atoms with Crippen molar-refractivity contribution in [1.29, 1.82) is 0 Å². The number of fused-ring (bicyclic) bond motifs is 2. The largest absolute Gasteiger partial charge is 0.349 e. The summed E-state index contributed by atoms with van der Waals surface area (Å²) in [5.74, 6) is -0.274. The van der Waals surface area contributed by atoms with Crippen LogP contribution in [0.3, 0.4) is 0 Å². The number of halogens is 2. The van der Waals surface area contributed by atoms with E-state index < -0.39 is 0 Å². The van der Waals surface area contributed by atoms with Gasteiger partial charge in [-0.2, -0.15) is 0 Å². The van der Waals surface area contributed by atoms with Crippen LogP contribution in [0.4, 0.5) is 10.1 Å². The Kier molecular flexibility index (Phi) is 3.83. The maximum absolute atomic E-state index is 13.9. The molecule has 1 unspecified atom stereocenters. The Hall–Kier alpha value is -2.59. The number of aryl methyl sites for hydroxylation is 1. The molecule has 3 nitrogen and oxygen atoms in total. The molecule has 5 heteroatoms. The van der Waals surface area contributed by atoms with Gasteiger partial charge in [-0.1, -0.05) is 23.7 Å². The summed E-state index contributed by atoms with van der Waals surface area (Å²) in [4.78, 5) is 9.03. The lowest BCUT2D eigenvalue weighted by Gasteiger charge is -2.33. The van der Waals surface area contributed by atoms with Crippen LogP contribution >= 0.6 is 11.6 Å². The van der Waals surface area contributed by atoms with E-state index in [1.165, 1.54) is 17.3 Å². The number of pyridine rings is 1. The van der Waals surface area contributed by atoms with Crippen molar-refractivity contribution in [3.8, 4) is 0 Å². The Morgan fingerprint density at radius 2 is 2.07 bits per heavy atom. The van der Waals surface area contributed by atoms with Gasteiger partial charge in [0.1, 0.15) is 12.0 Å². The number of aromatic nitrogens is 1. The highest BCUT2D eigenvalue weighted by atomic mass is 35.5. The van der Waals surface area contributed by atoms with Gasteiger partial charge in [-0.15, -0.1) is 0 Å². The van der Waals surface area contributed by atoms with Gasteiger partial charge < -0.3 is 9.80 Å². The second-order valence-corrected chi connectivity index (χ2v) is 7.61. The second-order valence-electron chi connectivity index (χ2n) is 7.21. The molecule has 3 heterocycles. The summed E-state index contributed by atoms with van der Waals surface area (Å²) in [5.41, 5.74) is 4.91. The maximum atomic E-state index is 13.9. The molecule has 2 aliphatic heterocycles. The third kappa shape index (κ3) is 2.67. The van der Waals surface area contributed by atoms with Crippen LogP contribution in [0, 0.1) is 12.7 Å². The average molecular weight is 380 g/mol. The van der Waals surface area contributed by atoms with Gasteiger partial charge in [-0.25, -0.2) is 4.39 Å². The summed E-state index contributed by atoms with van der Waals surface area (Å²) in [6.45, 7) is 2.78. The summed E-state index contributed by atoms with van der Waals surface area (Å²) >= 11 is 6.45. The zero-order valence-electron chi connectivity index (χ0n) is 15.0. The van der Waals surface area contributed by atoms with E-state index in [9.17, 15) is 4.39 Å². The highest BCUT2D eigenvalue weighted by Crippen LogP contribution is 2.45. The van der Waals surface area contributed by atoms with E-state index in [4.69, 9.17) is 11.6 Å². The van der Waals surface area contributed by atoms with Crippen molar-refractivity contribution in [2.24, 2.45) is 0 Å². The molecule has 0 N–H and O–H groups in total. The zero-order chi connectivity index (χ0) is 18.5. The molecule has 1 saturated heterocycles. The topological polar surface area (TPSA) is 19.4 Å².